The lowest BCUT2D eigenvalue weighted by Gasteiger charge is -2.12. The van der Waals surface area contributed by atoms with Crippen LogP contribution < -0.4 is 5.32 Å². The molecule has 2 N–H and O–H groups in total. The van der Waals surface area contributed by atoms with E-state index in [0.717, 1.165) is 44.8 Å². The molecule has 6 nitrogen and oxygen atoms in total. The van der Waals surface area contributed by atoms with Gasteiger partial charge in [-0.3, -0.25) is 9.36 Å². The summed E-state index contributed by atoms with van der Waals surface area (Å²) in [5.41, 5.74) is 5.74. The van der Waals surface area contributed by atoms with E-state index in [9.17, 15) is 4.79 Å². The van der Waals surface area contributed by atoms with E-state index in [4.69, 9.17) is 0 Å². The highest BCUT2D eigenvalue weighted by Crippen LogP contribution is 2.33. The summed E-state index contributed by atoms with van der Waals surface area (Å²) < 4.78 is 2.01. The molecule has 2 aromatic heterocycles. The van der Waals surface area contributed by atoms with E-state index in [-0.39, 0.29) is 11.7 Å². The van der Waals surface area contributed by atoms with Crippen molar-refractivity contribution in [2.45, 2.75) is 5.16 Å². The number of hydrogen-bond acceptors (Lipinski definition) is 4. The lowest BCUT2D eigenvalue weighted by Crippen LogP contribution is -2.15. The van der Waals surface area contributed by atoms with Crippen LogP contribution in [0.5, 0.6) is 0 Å². The van der Waals surface area contributed by atoms with Crippen LogP contribution in [-0.4, -0.2) is 31.4 Å². The predicted octanol–water partition coefficient (Wildman–Crippen LogP) is 6.81. The lowest BCUT2D eigenvalue weighted by molar-refractivity contribution is -0.113. The van der Waals surface area contributed by atoms with Crippen LogP contribution in [0.1, 0.15) is 0 Å². The van der Waals surface area contributed by atoms with Gasteiger partial charge < -0.3 is 10.3 Å². The second-order valence-electron chi connectivity index (χ2n) is 8.47. The molecule has 0 aliphatic carbocycles. The van der Waals surface area contributed by atoms with Gasteiger partial charge in [-0.25, -0.2) is 0 Å². The van der Waals surface area contributed by atoms with Gasteiger partial charge in [0.1, 0.15) is 0 Å². The Balaban J connectivity index is 1.28. The van der Waals surface area contributed by atoms with Crippen molar-refractivity contribution in [1.29, 1.82) is 0 Å². The van der Waals surface area contributed by atoms with Crippen molar-refractivity contribution in [2.75, 3.05) is 11.1 Å². The number of nitrogens with one attached hydrogen (secondary N) is 2. The minimum Gasteiger partial charge on any atom is -0.360 e. The number of benzene rings is 4. The second-order valence-corrected chi connectivity index (χ2v) is 9.42. The van der Waals surface area contributed by atoms with Gasteiger partial charge in [-0.05, 0) is 29.8 Å². The maximum Gasteiger partial charge on any atom is 0.234 e. The summed E-state index contributed by atoms with van der Waals surface area (Å²) >= 11 is 1.36. The zero-order valence-corrected chi connectivity index (χ0v) is 20.7. The minimum atomic E-state index is -0.107. The first-order valence-corrected chi connectivity index (χ1v) is 12.9. The normalized spacial score (nSPS) is 11.0. The number of carbonyl (C=O) groups excluding carboxylic acids is 1. The summed E-state index contributed by atoms with van der Waals surface area (Å²) in [4.78, 5) is 16.4. The molecule has 0 radical (unpaired) electrons. The molecule has 0 spiro atoms. The number of carbonyl (C=O) groups is 1. The highest BCUT2D eigenvalue weighted by Gasteiger charge is 2.20. The molecule has 0 bridgehead atoms. The molecular formula is C30H23N5OS. The fourth-order valence-corrected chi connectivity index (χ4v) is 5.13. The minimum absolute atomic E-state index is 0.107. The fraction of sp³-hybridized carbons (Fsp3) is 0.0333. The Morgan fingerprint density at radius 3 is 2.32 bits per heavy atom. The van der Waals surface area contributed by atoms with Crippen LogP contribution in [0.25, 0.3) is 39.1 Å². The molecule has 0 saturated carbocycles. The average Bonchev–Trinajstić information content (AvgIpc) is 3.57. The second kappa shape index (κ2) is 10.2. The molecule has 37 heavy (non-hydrogen) atoms. The van der Waals surface area contributed by atoms with Gasteiger partial charge in [-0.2, -0.15) is 0 Å². The number of hydrogen-bond donors (Lipinski definition) is 2. The van der Waals surface area contributed by atoms with Gasteiger partial charge in [-0.15, -0.1) is 10.2 Å². The van der Waals surface area contributed by atoms with Crippen LogP contribution in [0, 0.1) is 0 Å². The quantitative estimate of drug-likeness (QED) is 0.236. The highest BCUT2D eigenvalue weighted by molar-refractivity contribution is 7.99. The van der Waals surface area contributed by atoms with Crippen LogP contribution in [0.15, 0.2) is 121 Å². The summed E-state index contributed by atoms with van der Waals surface area (Å²) in [6.07, 6.45) is 1.95. The molecule has 1 amide bonds. The zero-order valence-electron chi connectivity index (χ0n) is 19.8. The molecule has 4 aromatic carbocycles. The fourth-order valence-electron chi connectivity index (χ4n) is 4.38. The number of anilines is 1. The molecule has 2 heterocycles. The summed E-state index contributed by atoms with van der Waals surface area (Å²) in [7, 11) is 0. The molecule has 7 heteroatoms. The predicted molar refractivity (Wildman–Crippen MR) is 150 cm³/mol. The number of aromatic nitrogens is 4. The number of nitrogens with zero attached hydrogens (tertiary/aromatic N) is 3. The third kappa shape index (κ3) is 4.64. The molecule has 0 unspecified atom stereocenters. The first kappa shape index (κ1) is 22.8. The van der Waals surface area contributed by atoms with Crippen LogP contribution in [0.4, 0.5) is 5.69 Å². The van der Waals surface area contributed by atoms with Crippen LogP contribution in [0.3, 0.4) is 0 Å². The van der Waals surface area contributed by atoms with E-state index in [2.05, 4.69) is 26.6 Å². The molecule has 0 saturated heterocycles. The Bertz CT molecular complexity index is 1670. The number of aromatic amines is 1. The molecule has 6 rings (SSSR count). The van der Waals surface area contributed by atoms with Crippen LogP contribution in [-0.2, 0) is 4.79 Å². The third-order valence-corrected chi connectivity index (χ3v) is 7.03. The van der Waals surface area contributed by atoms with E-state index in [1.165, 1.54) is 11.8 Å². The number of amides is 1. The summed E-state index contributed by atoms with van der Waals surface area (Å²) in [5.74, 6) is 0.813. The van der Waals surface area contributed by atoms with E-state index < -0.39 is 0 Å². The zero-order chi connectivity index (χ0) is 25.0. The van der Waals surface area contributed by atoms with Gasteiger partial charge in [-0.1, -0.05) is 96.7 Å². The molecule has 0 aliphatic rings. The van der Waals surface area contributed by atoms with E-state index >= 15 is 0 Å². The first-order chi connectivity index (χ1) is 18.3. The van der Waals surface area contributed by atoms with Gasteiger partial charge in [0.05, 0.1) is 5.75 Å². The molecular weight excluding hydrogens is 478 g/mol. The van der Waals surface area contributed by atoms with Crippen LogP contribution >= 0.6 is 11.8 Å². The van der Waals surface area contributed by atoms with Gasteiger partial charge in [0.2, 0.25) is 5.91 Å². The topological polar surface area (TPSA) is 75.6 Å². The molecule has 6 aromatic rings. The maximum absolute atomic E-state index is 13.0. The van der Waals surface area contributed by atoms with Crippen LogP contribution in [0.2, 0.25) is 0 Å². The highest BCUT2D eigenvalue weighted by atomic mass is 32.2. The van der Waals surface area contributed by atoms with Crippen molar-refractivity contribution in [3.63, 3.8) is 0 Å². The van der Waals surface area contributed by atoms with Crippen molar-refractivity contribution in [2.24, 2.45) is 0 Å². The molecule has 0 fully saturated rings. The smallest absolute Gasteiger partial charge is 0.234 e. The van der Waals surface area contributed by atoms with Crippen molar-refractivity contribution in [1.82, 2.24) is 19.7 Å². The third-order valence-electron chi connectivity index (χ3n) is 6.10. The van der Waals surface area contributed by atoms with Crippen molar-refractivity contribution >= 4 is 34.3 Å². The van der Waals surface area contributed by atoms with Crippen molar-refractivity contribution in [3.8, 4) is 28.2 Å². The lowest BCUT2D eigenvalue weighted by atomic mass is 10.0. The Kier molecular flexibility index (Phi) is 6.27. The number of rotatable bonds is 7. The number of para-hydroxylation sites is 3. The summed E-state index contributed by atoms with van der Waals surface area (Å²) in [6.45, 7) is 0. The Labute approximate surface area is 218 Å². The van der Waals surface area contributed by atoms with Gasteiger partial charge in [0.25, 0.3) is 0 Å². The molecule has 0 atom stereocenters. The monoisotopic (exact) mass is 501 g/mol. The van der Waals surface area contributed by atoms with Crippen molar-refractivity contribution in [3.05, 3.63) is 115 Å². The number of fused-ring (bicyclic) bond motifs is 1. The number of H-pyrrole nitrogens is 1. The molecule has 0 aliphatic heterocycles. The first-order valence-electron chi connectivity index (χ1n) is 11.9. The van der Waals surface area contributed by atoms with E-state index in [1.54, 1.807) is 0 Å². The Morgan fingerprint density at radius 1 is 0.784 bits per heavy atom. The largest absolute Gasteiger partial charge is 0.360 e. The van der Waals surface area contributed by atoms with Gasteiger partial charge >= 0.3 is 0 Å². The Hall–Kier alpha value is -4.62. The van der Waals surface area contributed by atoms with E-state index in [1.807, 2.05) is 114 Å². The Morgan fingerprint density at radius 2 is 1.49 bits per heavy atom. The van der Waals surface area contributed by atoms with Crippen molar-refractivity contribution < 1.29 is 4.79 Å². The summed E-state index contributed by atoms with van der Waals surface area (Å²) in [6, 6.07) is 36.0. The van der Waals surface area contributed by atoms with E-state index in [0.29, 0.717) is 5.16 Å². The molecule has 180 valence electrons. The SMILES string of the molecule is O=C(CSc1nnc(-c2c[nH]c3ccccc23)n1-c1ccccc1)Nc1ccccc1-c1ccccc1. The van der Waals surface area contributed by atoms with Gasteiger partial charge in [0, 0.05) is 39.6 Å². The average molecular weight is 502 g/mol. The van der Waals surface area contributed by atoms with Gasteiger partial charge in [0.15, 0.2) is 11.0 Å². The summed E-state index contributed by atoms with van der Waals surface area (Å²) in [5, 5.41) is 13.8. The standard InChI is InChI=1S/C30H23N5OS/c36-28(32-27-18-10-7-15-23(27)21-11-3-1-4-12-21)20-37-30-34-33-29(35(30)22-13-5-2-6-14-22)25-19-31-26-17-9-8-16-24(25)26/h1-19,31H,20H2,(H,32,36). The maximum atomic E-state index is 13.0. The number of thioether (sulfide) groups is 1.